The Morgan fingerprint density at radius 1 is 1.00 bits per heavy atom. The molecule has 13 nitrogen and oxygen atoms in total. The fourth-order valence-corrected chi connectivity index (χ4v) is 11.0. The Kier molecular flexibility index (Phi) is 15.0. The van der Waals surface area contributed by atoms with Crippen LogP contribution in [0.15, 0.2) is 84.4 Å². The Morgan fingerprint density at radius 2 is 1.73 bits per heavy atom. The predicted molar refractivity (Wildman–Crippen MR) is 238 cm³/mol. The number of phenols is 2. The van der Waals surface area contributed by atoms with Gasteiger partial charge in [0.1, 0.15) is 12.2 Å². The number of phenolic OH excluding ortho intramolecular Hbond substituents is 2. The van der Waals surface area contributed by atoms with Crippen LogP contribution in [0.2, 0.25) is 0 Å². The maximum Gasteiger partial charge on any atom is 0.240 e. The number of allylic oxidation sites excluding steroid dienone is 1. The number of hydrogen-bond donors (Lipinski definition) is 7. The maximum absolute atomic E-state index is 12.4. The molecule has 7 N–H and O–H groups in total. The van der Waals surface area contributed by atoms with Gasteiger partial charge in [0.05, 0.1) is 36.3 Å². The van der Waals surface area contributed by atoms with Crippen LogP contribution in [0.4, 0.5) is 0 Å². The van der Waals surface area contributed by atoms with Gasteiger partial charge in [-0.15, -0.1) is 5.10 Å². The van der Waals surface area contributed by atoms with Crippen LogP contribution in [-0.4, -0.2) is 116 Å². The minimum absolute atomic E-state index is 0.0697. The number of ketones is 2. The molecule has 4 aliphatic carbocycles. The smallest absolute Gasteiger partial charge is 0.240 e. The van der Waals surface area contributed by atoms with E-state index in [0.717, 1.165) is 62.0 Å². The topological polar surface area (TPSA) is 198 Å². The van der Waals surface area contributed by atoms with Gasteiger partial charge in [-0.3, -0.25) is 14.3 Å². The molecule has 3 fully saturated rings. The molecular weight excluding hydrogens is 789 g/mol. The Balaban J connectivity index is 0.000000164. The van der Waals surface area contributed by atoms with Gasteiger partial charge in [0.15, 0.2) is 23.1 Å². The van der Waals surface area contributed by atoms with Crippen molar-refractivity contribution in [3.63, 3.8) is 0 Å². The predicted octanol–water partition coefficient (Wildman–Crippen LogP) is 5.55. The van der Waals surface area contributed by atoms with Crippen LogP contribution in [0.3, 0.4) is 0 Å². The van der Waals surface area contributed by atoms with Gasteiger partial charge >= 0.3 is 0 Å². The molecule has 62 heavy (non-hydrogen) atoms. The third-order valence-corrected chi connectivity index (χ3v) is 14.2. The van der Waals surface area contributed by atoms with Gasteiger partial charge in [-0.1, -0.05) is 68.0 Å². The summed E-state index contributed by atoms with van der Waals surface area (Å²) in [5.41, 5.74) is 1.69. The van der Waals surface area contributed by atoms with Crippen LogP contribution >= 0.6 is 0 Å². The van der Waals surface area contributed by atoms with E-state index in [1.54, 1.807) is 19.2 Å². The molecule has 0 radical (unpaired) electrons. The van der Waals surface area contributed by atoms with Crippen molar-refractivity contribution in [2.75, 3.05) is 47.4 Å². The number of Topliss-reactive ketones (excluding diaryl/α,β-unsaturated/α-hetero) is 1. The molecule has 0 unspecified atom stereocenters. The summed E-state index contributed by atoms with van der Waals surface area (Å²) >= 11 is 0. The van der Waals surface area contributed by atoms with E-state index in [4.69, 9.17) is 14.9 Å². The lowest BCUT2D eigenvalue weighted by molar-refractivity contribution is -0.182. The first kappa shape index (κ1) is 46.9. The maximum atomic E-state index is 12.4. The Hall–Kier alpha value is -4.63. The van der Waals surface area contributed by atoms with Crippen molar-refractivity contribution in [3.8, 4) is 17.4 Å². The highest BCUT2D eigenvalue weighted by molar-refractivity contribution is 5.92. The second-order valence-corrected chi connectivity index (χ2v) is 18.3. The number of nitrogens with zero attached hydrogens (tertiary/aromatic N) is 3. The molecule has 0 spiro atoms. The van der Waals surface area contributed by atoms with E-state index in [-0.39, 0.29) is 40.5 Å². The molecule has 0 saturated heterocycles. The van der Waals surface area contributed by atoms with Gasteiger partial charge in [-0.05, 0) is 131 Å². The minimum Gasteiger partial charge on any atom is -0.504 e. The number of para-hydroxylation sites is 1. The lowest BCUT2D eigenvalue weighted by Gasteiger charge is -2.60. The largest absolute Gasteiger partial charge is 0.504 e. The molecule has 3 saturated carbocycles. The van der Waals surface area contributed by atoms with Gasteiger partial charge in [-0.2, -0.15) is 0 Å². The normalized spacial score (nSPS) is 28.0. The van der Waals surface area contributed by atoms with Crippen LogP contribution in [0.5, 0.6) is 17.4 Å². The van der Waals surface area contributed by atoms with Gasteiger partial charge in [0.25, 0.3) is 0 Å². The number of ether oxygens (including phenoxy) is 1. The highest BCUT2D eigenvalue weighted by Crippen LogP contribution is 2.67. The standard InChI is InChI=1S/C21H30O5.C19H23N3O.C9H13NO3/c1-19-7-5-13(23)9-12(19)3-4-14-15-6-8-21(26,17(25)11-22)20(15,2)10-16(24)18(14)19;1-21(2)13-8-14-23-19-17-11-6-7-12-18(17)22(20-19)15-16-9-4-3-5-10-16;1-10-5-9(13)6-2-3-7(11)8(12)4-6/h9,14-16,18,22,24,26H,3-8,10-11H2,1-2H3;3-7,9-12H,8,13-15H2,1-2H3;2-4,9-13H,5H2,1H3/t14-,15-,16-,18+,19-,20-,21-;;9-/m0.0/s1. The summed E-state index contributed by atoms with van der Waals surface area (Å²) in [5, 5.41) is 67.9. The number of fused-ring (bicyclic) bond motifs is 6. The molecule has 8 atom stereocenters. The number of carbonyl (C=O) groups excluding carboxylic acids is 2. The number of aliphatic hydroxyl groups is 4. The van der Waals surface area contributed by atoms with Crippen molar-refractivity contribution in [1.29, 1.82) is 0 Å². The van der Waals surface area contributed by atoms with Gasteiger partial charge < -0.3 is 45.6 Å². The number of likely N-dealkylation sites (N-methyl/N-ethyl adjacent to an activating group) is 1. The van der Waals surface area contributed by atoms with E-state index in [1.165, 1.54) is 23.3 Å². The molecule has 0 bridgehead atoms. The summed E-state index contributed by atoms with van der Waals surface area (Å²) in [6, 6.07) is 22.9. The Labute approximate surface area is 365 Å². The molecule has 1 aromatic heterocycles. The van der Waals surface area contributed by atoms with E-state index in [0.29, 0.717) is 38.0 Å². The third kappa shape index (κ3) is 9.63. The van der Waals surface area contributed by atoms with Crippen LogP contribution in [0.25, 0.3) is 10.9 Å². The average molecular weight is 855 g/mol. The summed E-state index contributed by atoms with van der Waals surface area (Å²) in [4.78, 5) is 26.4. The quantitative estimate of drug-likeness (QED) is 0.0695. The number of rotatable bonds is 12. The molecule has 0 amide bonds. The van der Waals surface area contributed by atoms with E-state index in [1.807, 2.05) is 29.8 Å². The number of aliphatic hydroxyl groups excluding tert-OH is 3. The Morgan fingerprint density at radius 3 is 2.42 bits per heavy atom. The monoisotopic (exact) mass is 854 g/mol. The van der Waals surface area contributed by atoms with Gasteiger partial charge in [0.2, 0.25) is 5.88 Å². The van der Waals surface area contributed by atoms with Gasteiger partial charge in [-0.25, -0.2) is 0 Å². The summed E-state index contributed by atoms with van der Waals surface area (Å²) in [7, 11) is 5.87. The molecular formula is C49H66N4O9. The molecule has 4 aromatic rings. The number of nitrogens with one attached hydrogen (secondary N) is 1. The first-order valence-corrected chi connectivity index (χ1v) is 22.0. The molecule has 0 aliphatic heterocycles. The van der Waals surface area contributed by atoms with Crippen LogP contribution in [0, 0.1) is 28.6 Å². The van der Waals surface area contributed by atoms with Gasteiger partial charge in [0, 0.05) is 24.9 Å². The van der Waals surface area contributed by atoms with E-state index >= 15 is 0 Å². The average Bonchev–Trinajstić information content (AvgIpc) is 3.74. The minimum atomic E-state index is -1.54. The Bertz CT molecular complexity index is 2190. The molecule has 13 heteroatoms. The second kappa shape index (κ2) is 19.8. The van der Waals surface area contributed by atoms with Crippen molar-refractivity contribution >= 4 is 22.5 Å². The fourth-order valence-electron chi connectivity index (χ4n) is 11.0. The number of benzene rings is 3. The first-order valence-electron chi connectivity index (χ1n) is 22.0. The lowest BCUT2D eigenvalue weighted by Crippen LogP contribution is -2.62. The molecule has 336 valence electrons. The third-order valence-electron chi connectivity index (χ3n) is 14.2. The van der Waals surface area contributed by atoms with Crippen molar-refractivity contribution in [1.82, 2.24) is 20.0 Å². The lowest BCUT2D eigenvalue weighted by atomic mass is 9.45. The van der Waals surface area contributed by atoms with Crippen LogP contribution < -0.4 is 10.1 Å². The first-order chi connectivity index (χ1) is 29.6. The number of hydrogen-bond acceptors (Lipinski definition) is 12. The zero-order valence-corrected chi connectivity index (χ0v) is 36.8. The number of carbonyl (C=O) groups is 2. The van der Waals surface area contributed by atoms with Crippen molar-refractivity contribution in [3.05, 3.63) is 95.6 Å². The highest BCUT2D eigenvalue weighted by atomic mass is 16.5. The van der Waals surface area contributed by atoms with Crippen molar-refractivity contribution in [2.24, 2.45) is 28.6 Å². The molecule has 8 rings (SSSR count). The fraction of sp³-hybridized carbons (Fsp3) is 0.531. The molecule has 3 aromatic carbocycles. The van der Waals surface area contributed by atoms with Crippen molar-refractivity contribution in [2.45, 2.75) is 89.6 Å². The number of aromatic hydroxyl groups is 2. The van der Waals surface area contributed by atoms with Crippen LogP contribution in [0.1, 0.15) is 82.4 Å². The van der Waals surface area contributed by atoms with Crippen LogP contribution in [-0.2, 0) is 16.1 Å². The van der Waals surface area contributed by atoms with Crippen molar-refractivity contribution < 1.29 is 45.0 Å². The summed E-state index contributed by atoms with van der Waals surface area (Å²) in [5.74, 6) is 0.476. The van der Waals surface area contributed by atoms with E-state index in [9.17, 15) is 30.0 Å². The summed E-state index contributed by atoms with van der Waals surface area (Å²) < 4.78 is 7.95. The molecule has 1 heterocycles. The summed E-state index contributed by atoms with van der Waals surface area (Å²) in [6.07, 6.45) is 6.06. The van der Waals surface area contributed by atoms with E-state index < -0.39 is 35.6 Å². The second-order valence-electron chi connectivity index (χ2n) is 18.3. The zero-order valence-electron chi connectivity index (χ0n) is 36.8. The molecule has 4 aliphatic rings. The highest BCUT2D eigenvalue weighted by Gasteiger charge is 2.68. The SMILES string of the molecule is CN(C)CCCOc1nn(Cc2ccccc2)c2ccccc12.CNC[C@H](O)c1ccc(O)c(O)c1.C[C@]12CCC(=O)C=C1CC[C@@H]1[C@@H]2[C@@H](O)C[C@@]2(C)[C@H]1CC[C@]2(O)C(=O)CO. The van der Waals surface area contributed by atoms with E-state index in [2.05, 4.69) is 72.7 Å². The summed E-state index contributed by atoms with van der Waals surface area (Å²) in [6.45, 7) is 6.32. The zero-order chi connectivity index (χ0) is 44.8. The number of aromatic nitrogens is 2.